The summed E-state index contributed by atoms with van der Waals surface area (Å²) in [6.45, 7) is 7.80. The third-order valence-corrected chi connectivity index (χ3v) is 4.79. The smallest absolute Gasteiger partial charge is 0.338 e. The third-order valence-electron chi connectivity index (χ3n) is 3.83. The van der Waals surface area contributed by atoms with E-state index in [0.717, 1.165) is 0 Å². The number of carbonyl (C=O) groups is 2. The summed E-state index contributed by atoms with van der Waals surface area (Å²) in [5, 5.41) is 11.7. The van der Waals surface area contributed by atoms with Gasteiger partial charge < -0.3 is 14.5 Å². The largest absolute Gasteiger partial charge is 0.461 e. The lowest BCUT2D eigenvalue weighted by Crippen LogP contribution is -2.16. The first kappa shape index (κ1) is 21.4. The van der Waals surface area contributed by atoms with E-state index in [1.807, 2.05) is 4.57 Å². The molecular formula is C21H22N4O4S. The second-order valence-corrected chi connectivity index (χ2v) is 7.50. The molecule has 156 valence electrons. The van der Waals surface area contributed by atoms with Crippen molar-refractivity contribution in [3.8, 4) is 11.6 Å². The summed E-state index contributed by atoms with van der Waals surface area (Å²) < 4.78 is 12.4. The Bertz CT molecular complexity index is 1030. The molecular weight excluding hydrogens is 404 g/mol. The molecule has 0 radical (unpaired) electrons. The minimum absolute atomic E-state index is 0.119. The van der Waals surface area contributed by atoms with Gasteiger partial charge in [-0.3, -0.25) is 9.36 Å². The number of benzene rings is 1. The van der Waals surface area contributed by atoms with Gasteiger partial charge in [-0.1, -0.05) is 23.9 Å². The van der Waals surface area contributed by atoms with Crippen LogP contribution in [0.5, 0.6) is 0 Å². The average Bonchev–Trinajstić information content (AvgIpc) is 3.36. The van der Waals surface area contributed by atoms with Gasteiger partial charge in [-0.25, -0.2) is 4.79 Å². The summed E-state index contributed by atoms with van der Waals surface area (Å²) >= 11 is 1.25. The molecule has 9 heteroatoms. The molecule has 2 heterocycles. The topological polar surface area (TPSA) is 99.2 Å². The van der Waals surface area contributed by atoms with Crippen LogP contribution >= 0.6 is 11.8 Å². The van der Waals surface area contributed by atoms with Crippen molar-refractivity contribution in [3.05, 3.63) is 60.9 Å². The van der Waals surface area contributed by atoms with E-state index in [4.69, 9.17) is 9.15 Å². The zero-order valence-electron chi connectivity index (χ0n) is 16.7. The molecule has 3 aromatic rings. The number of thioether (sulfide) groups is 1. The number of aromatic nitrogens is 3. The SMILES string of the molecule is C=CCn1c(SCC(=O)Nc2cccc(C(=O)OC(C)C)c2)nnc1-c1ccco1. The maximum atomic E-state index is 12.4. The maximum absolute atomic E-state index is 12.4. The fourth-order valence-electron chi connectivity index (χ4n) is 2.61. The number of nitrogens with one attached hydrogen (secondary N) is 1. The number of allylic oxidation sites excluding steroid dienone is 1. The van der Waals surface area contributed by atoms with Crippen molar-refractivity contribution in [1.29, 1.82) is 0 Å². The van der Waals surface area contributed by atoms with Gasteiger partial charge in [0.25, 0.3) is 0 Å². The molecule has 2 aromatic heterocycles. The molecule has 0 spiro atoms. The Balaban J connectivity index is 1.64. The molecule has 3 rings (SSSR count). The summed E-state index contributed by atoms with van der Waals surface area (Å²) in [6, 6.07) is 10.2. The van der Waals surface area contributed by atoms with Gasteiger partial charge in [-0.2, -0.15) is 0 Å². The van der Waals surface area contributed by atoms with Gasteiger partial charge in [0, 0.05) is 12.2 Å². The standard InChI is InChI=1S/C21H22N4O4S/c1-4-10-25-19(17-9-6-11-28-17)23-24-21(25)30-13-18(26)22-16-8-5-7-15(12-16)20(27)29-14(2)3/h4-9,11-12,14H,1,10,13H2,2-3H3,(H,22,26). The van der Waals surface area contributed by atoms with Gasteiger partial charge in [0.1, 0.15) is 0 Å². The highest BCUT2D eigenvalue weighted by atomic mass is 32.2. The lowest BCUT2D eigenvalue weighted by atomic mass is 10.2. The molecule has 1 amide bonds. The molecule has 0 fully saturated rings. The van der Waals surface area contributed by atoms with Crippen LogP contribution in [0.2, 0.25) is 0 Å². The molecule has 0 bridgehead atoms. The van der Waals surface area contributed by atoms with Crippen molar-refractivity contribution >= 4 is 29.3 Å². The van der Waals surface area contributed by atoms with E-state index in [0.29, 0.717) is 34.5 Å². The van der Waals surface area contributed by atoms with Crippen LogP contribution < -0.4 is 5.32 Å². The van der Waals surface area contributed by atoms with Crippen molar-refractivity contribution in [2.45, 2.75) is 31.7 Å². The van der Waals surface area contributed by atoms with Crippen LogP contribution in [0.4, 0.5) is 5.69 Å². The summed E-state index contributed by atoms with van der Waals surface area (Å²) in [4.78, 5) is 24.4. The van der Waals surface area contributed by atoms with E-state index in [9.17, 15) is 9.59 Å². The number of carbonyl (C=O) groups excluding carboxylic acids is 2. The number of hydrogen-bond acceptors (Lipinski definition) is 7. The van der Waals surface area contributed by atoms with Gasteiger partial charge >= 0.3 is 5.97 Å². The molecule has 0 aliphatic heterocycles. The van der Waals surface area contributed by atoms with Gasteiger partial charge in [-0.05, 0) is 44.2 Å². The van der Waals surface area contributed by atoms with Crippen molar-refractivity contribution in [3.63, 3.8) is 0 Å². The highest BCUT2D eigenvalue weighted by molar-refractivity contribution is 7.99. The molecule has 0 saturated carbocycles. The Labute approximate surface area is 178 Å². The van der Waals surface area contributed by atoms with Gasteiger partial charge in [0.2, 0.25) is 11.7 Å². The molecule has 1 aromatic carbocycles. The minimum atomic E-state index is -0.432. The Morgan fingerprint density at radius 3 is 2.83 bits per heavy atom. The maximum Gasteiger partial charge on any atom is 0.338 e. The van der Waals surface area contributed by atoms with E-state index in [-0.39, 0.29) is 17.8 Å². The fourth-order valence-corrected chi connectivity index (χ4v) is 3.36. The van der Waals surface area contributed by atoms with Crippen LogP contribution in [0.3, 0.4) is 0 Å². The fraction of sp³-hybridized carbons (Fsp3) is 0.238. The van der Waals surface area contributed by atoms with Crippen LogP contribution in [0.1, 0.15) is 24.2 Å². The van der Waals surface area contributed by atoms with Crippen LogP contribution in [0, 0.1) is 0 Å². The van der Waals surface area contributed by atoms with Gasteiger partial charge in [0.15, 0.2) is 10.9 Å². The molecule has 8 nitrogen and oxygen atoms in total. The molecule has 30 heavy (non-hydrogen) atoms. The second-order valence-electron chi connectivity index (χ2n) is 6.55. The highest BCUT2D eigenvalue weighted by Crippen LogP contribution is 2.24. The predicted octanol–water partition coefficient (Wildman–Crippen LogP) is 4.02. The summed E-state index contributed by atoms with van der Waals surface area (Å²) in [6.07, 6.45) is 3.07. The molecule has 0 unspecified atom stereocenters. The molecule has 0 aliphatic rings. The van der Waals surface area contributed by atoms with Crippen LogP contribution in [0.25, 0.3) is 11.6 Å². The number of furan rings is 1. The third kappa shape index (κ3) is 5.38. The molecule has 0 aliphatic carbocycles. The van der Waals surface area contributed by atoms with E-state index >= 15 is 0 Å². The van der Waals surface area contributed by atoms with E-state index in [1.54, 1.807) is 62.6 Å². The van der Waals surface area contributed by atoms with Crippen molar-refractivity contribution in [1.82, 2.24) is 14.8 Å². The highest BCUT2D eigenvalue weighted by Gasteiger charge is 2.17. The monoisotopic (exact) mass is 426 g/mol. The normalized spacial score (nSPS) is 10.8. The Kier molecular flexibility index (Phi) is 7.08. The van der Waals surface area contributed by atoms with Crippen molar-refractivity contribution in [2.75, 3.05) is 11.1 Å². The lowest BCUT2D eigenvalue weighted by Gasteiger charge is -2.10. The zero-order valence-corrected chi connectivity index (χ0v) is 17.5. The summed E-state index contributed by atoms with van der Waals surface area (Å²) in [5.74, 6) is 0.610. The zero-order chi connectivity index (χ0) is 21.5. The number of amides is 1. The Hall–Kier alpha value is -3.33. The number of anilines is 1. The second kappa shape index (κ2) is 9.93. The van der Waals surface area contributed by atoms with Crippen molar-refractivity contribution in [2.24, 2.45) is 0 Å². The lowest BCUT2D eigenvalue weighted by molar-refractivity contribution is -0.113. The summed E-state index contributed by atoms with van der Waals surface area (Å²) in [7, 11) is 0. The summed E-state index contributed by atoms with van der Waals surface area (Å²) in [5.41, 5.74) is 0.894. The average molecular weight is 426 g/mol. The number of rotatable bonds is 9. The number of nitrogens with zero attached hydrogens (tertiary/aromatic N) is 3. The number of esters is 1. The van der Waals surface area contributed by atoms with Crippen LogP contribution in [-0.2, 0) is 16.1 Å². The Morgan fingerprint density at radius 2 is 2.13 bits per heavy atom. The van der Waals surface area contributed by atoms with E-state index in [1.165, 1.54) is 11.8 Å². The Morgan fingerprint density at radius 1 is 1.30 bits per heavy atom. The van der Waals surface area contributed by atoms with E-state index in [2.05, 4.69) is 22.1 Å². The minimum Gasteiger partial charge on any atom is -0.461 e. The quantitative estimate of drug-likeness (QED) is 0.313. The molecule has 1 N–H and O–H groups in total. The van der Waals surface area contributed by atoms with Crippen LogP contribution in [0.15, 0.2) is 64.9 Å². The first-order valence-corrected chi connectivity index (χ1v) is 10.3. The number of hydrogen-bond donors (Lipinski definition) is 1. The van der Waals surface area contributed by atoms with Gasteiger partial charge in [-0.15, -0.1) is 16.8 Å². The first-order valence-electron chi connectivity index (χ1n) is 9.29. The van der Waals surface area contributed by atoms with Gasteiger partial charge in [0.05, 0.1) is 23.7 Å². The molecule has 0 saturated heterocycles. The number of ether oxygens (including phenoxy) is 1. The van der Waals surface area contributed by atoms with E-state index < -0.39 is 5.97 Å². The van der Waals surface area contributed by atoms with Crippen LogP contribution in [-0.4, -0.2) is 38.5 Å². The first-order chi connectivity index (χ1) is 14.5. The molecule has 0 atom stereocenters. The predicted molar refractivity (Wildman–Crippen MR) is 114 cm³/mol. The van der Waals surface area contributed by atoms with Crippen molar-refractivity contribution < 1.29 is 18.7 Å².